The molecule has 0 unspecified atom stereocenters. The van der Waals surface area contributed by atoms with E-state index in [-0.39, 0.29) is 18.2 Å². The molecule has 22 heavy (non-hydrogen) atoms. The lowest BCUT2D eigenvalue weighted by Gasteiger charge is -2.19. The van der Waals surface area contributed by atoms with Gasteiger partial charge in [-0.25, -0.2) is 4.98 Å². The second-order valence-electron chi connectivity index (χ2n) is 5.94. The summed E-state index contributed by atoms with van der Waals surface area (Å²) in [4.78, 5) is 16.4. The van der Waals surface area contributed by atoms with Crippen molar-refractivity contribution in [3.63, 3.8) is 0 Å². The van der Waals surface area contributed by atoms with E-state index in [0.29, 0.717) is 16.6 Å². The Morgan fingerprint density at radius 1 is 1.27 bits per heavy atom. The van der Waals surface area contributed by atoms with Gasteiger partial charge in [-0.05, 0) is 32.9 Å². The van der Waals surface area contributed by atoms with Gasteiger partial charge in [0.2, 0.25) is 6.79 Å². The molecule has 0 spiro atoms. The molecule has 0 saturated carbocycles. The van der Waals surface area contributed by atoms with Crippen molar-refractivity contribution in [2.45, 2.75) is 26.3 Å². The first-order valence-electron chi connectivity index (χ1n) is 6.85. The number of carbonyl (C=O) groups is 1. The van der Waals surface area contributed by atoms with Crippen LogP contribution in [-0.4, -0.2) is 23.2 Å². The van der Waals surface area contributed by atoms with E-state index in [0.717, 1.165) is 11.4 Å². The average Bonchev–Trinajstić information content (AvgIpc) is 3.04. The number of nitrogens with zero attached hydrogens (tertiary/aromatic N) is 1. The summed E-state index contributed by atoms with van der Waals surface area (Å²) in [5.74, 6) is 1.25. The van der Waals surface area contributed by atoms with Crippen LogP contribution in [0.2, 0.25) is 0 Å². The molecule has 1 aliphatic heterocycles. The number of thiazole rings is 1. The smallest absolute Gasteiger partial charge is 0.271 e. The summed E-state index contributed by atoms with van der Waals surface area (Å²) in [5.41, 5.74) is 0.954. The Morgan fingerprint density at radius 2 is 2.05 bits per heavy atom. The van der Waals surface area contributed by atoms with Gasteiger partial charge in [0, 0.05) is 22.7 Å². The summed E-state index contributed by atoms with van der Waals surface area (Å²) in [7, 11) is 0. The van der Waals surface area contributed by atoms with E-state index in [1.165, 1.54) is 11.3 Å². The number of ether oxygens (including phenoxy) is 2. The molecular formula is C15H17N3O3S. The summed E-state index contributed by atoms with van der Waals surface area (Å²) in [6.07, 6.45) is 0. The van der Waals surface area contributed by atoms with Crippen LogP contribution in [0.5, 0.6) is 11.5 Å². The van der Waals surface area contributed by atoms with Gasteiger partial charge in [-0.1, -0.05) is 0 Å². The summed E-state index contributed by atoms with van der Waals surface area (Å²) < 4.78 is 10.6. The Morgan fingerprint density at radius 3 is 2.82 bits per heavy atom. The number of hydrogen-bond acceptors (Lipinski definition) is 6. The highest BCUT2D eigenvalue weighted by atomic mass is 32.1. The fraction of sp³-hybridized carbons (Fsp3) is 0.333. The molecule has 1 aliphatic rings. The van der Waals surface area contributed by atoms with E-state index in [1.807, 2.05) is 39.0 Å². The topological polar surface area (TPSA) is 72.5 Å². The Hall–Kier alpha value is -2.28. The van der Waals surface area contributed by atoms with Crippen LogP contribution < -0.4 is 20.1 Å². The SMILES string of the molecule is CC(C)(C)NC(=O)c1csc(Nc2ccc3c(c2)OCO3)n1. The van der Waals surface area contributed by atoms with Crippen LogP contribution in [0.25, 0.3) is 0 Å². The first-order chi connectivity index (χ1) is 10.4. The van der Waals surface area contributed by atoms with Crippen LogP contribution in [0.3, 0.4) is 0 Å². The largest absolute Gasteiger partial charge is 0.454 e. The molecule has 0 fully saturated rings. The van der Waals surface area contributed by atoms with Crippen LogP contribution in [0.4, 0.5) is 10.8 Å². The van der Waals surface area contributed by atoms with Gasteiger partial charge in [-0.3, -0.25) is 4.79 Å². The molecule has 1 aromatic heterocycles. The summed E-state index contributed by atoms with van der Waals surface area (Å²) in [5, 5.41) is 8.43. The van der Waals surface area contributed by atoms with E-state index < -0.39 is 0 Å². The third-order valence-corrected chi connectivity index (χ3v) is 3.61. The first kappa shape index (κ1) is 14.6. The van der Waals surface area contributed by atoms with Crippen molar-refractivity contribution in [2.75, 3.05) is 12.1 Å². The Bertz CT molecular complexity index is 706. The molecule has 116 valence electrons. The Kier molecular flexibility index (Phi) is 3.66. The van der Waals surface area contributed by atoms with E-state index in [4.69, 9.17) is 9.47 Å². The number of fused-ring (bicyclic) bond motifs is 1. The highest BCUT2D eigenvalue weighted by Gasteiger charge is 2.18. The number of carbonyl (C=O) groups excluding carboxylic acids is 1. The third-order valence-electron chi connectivity index (χ3n) is 2.85. The second kappa shape index (κ2) is 5.49. The normalized spacial score (nSPS) is 13.0. The minimum absolute atomic E-state index is 0.178. The van der Waals surface area contributed by atoms with E-state index >= 15 is 0 Å². The number of anilines is 2. The molecule has 3 rings (SSSR count). The minimum atomic E-state index is -0.286. The minimum Gasteiger partial charge on any atom is -0.454 e. The van der Waals surface area contributed by atoms with E-state index in [1.54, 1.807) is 5.38 Å². The average molecular weight is 319 g/mol. The maximum Gasteiger partial charge on any atom is 0.271 e. The zero-order valence-corrected chi connectivity index (χ0v) is 13.4. The fourth-order valence-corrected chi connectivity index (χ4v) is 2.65. The number of nitrogens with one attached hydrogen (secondary N) is 2. The molecule has 0 saturated heterocycles. The lowest BCUT2D eigenvalue weighted by molar-refractivity contribution is 0.0915. The van der Waals surface area contributed by atoms with Crippen molar-refractivity contribution in [1.29, 1.82) is 0 Å². The molecule has 2 aromatic rings. The van der Waals surface area contributed by atoms with Crippen LogP contribution >= 0.6 is 11.3 Å². The monoisotopic (exact) mass is 319 g/mol. The highest BCUT2D eigenvalue weighted by molar-refractivity contribution is 7.14. The molecule has 6 nitrogen and oxygen atoms in total. The zero-order chi connectivity index (χ0) is 15.7. The predicted octanol–water partition coefficient (Wildman–Crippen LogP) is 3.14. The van der Waals surface area contributed by atoms with Gasteiger partial charge >= 0.3 is 0 Å². The standard InChI is InChI=1S/C15H17N3O3S/c1-15(2,3)18-13(19)10-7-22-14(17-10)16-9-4-5-11-12(6-9)21-8-20-11/h4-7H,8H2,1-3H3,(H,16,17)(H,18,19). The maximum atomic E-state index is 12.0. The Balaban J connectivity index is 1.70. The van der Waals surface area contributed by atoms with Gasteiger partial charge in [-0.2, -0.15) is 0 Å². The lowest BCUT2D eigenvalue weighted by atomic mass is 10.1. The molecule has 1 amide bonds. The van der Waals surface area contributed by atoms with Gasteiger partial charge < -0.3 is 20.1 Å². The summed E-state index contributed by atoms with van der Waals surface area (Å²) in [6, 6.07) is 5.56. The van der Waals surface area contributed by atoms with Crippen LogP contribution in [0.1, 0.15) is 31.3 Å². The van der Waals surface area contributed by atoms with Gasteiger partial charge in [0.05, 0.1) is 0 Å². The van der Waals surface area contributed by atoms with Crippen LogP contribution in [0, 0.1) is 0 Å². The number of benzene rings is 1. The van der Waals surface area contributed by atoms with Crippen molar-refractivity contribution < 1.29 is 14.3 Å². The molecule has 2 heterocycles. The summed E-state index contributed by atoms with van der Waals surface area (Å²) in [6.45, 7) is 6.04. The van der Waals surface area contributed by atoms with Gasteiger partial charge in [0.15, 0.2) is 16.6 Å². The highest BCUT2D eigenvalue weighted by Crippen LogP contribution is 2.35. The van der Waals surface area contributed by atoms with E-state index in [2.05, 4.69) is 15.6 Å². The van der Waals surface area contributed by atoms with Crippen molar-refractivity contribution >= 4 is 28.1 Å². The molecule has 2 N–H and O–H groups in total. The number of rotatable bonds is 3. The van der Waals surface area contributed by atoms with E-state index in [9.17, 15) is 4.79 Å². The van der Waals surface area contributed by atoms with Gasteiger partial charge in [0.1, 0.15) is 5.69 Å². The molecular weight excluding hydrogens is 302 g/mol. The second-order valence-corrected chi connectivity index (χ2v) is 6.79. The van der Waals surface area contributed by atoms with Gasteiger partial charge in [-0.15, -0.1) is 11.3 Å². The third kappa shape index (κ3) is 3.30. The molecule has 0 atom stereocenters. The predicted molar refractivity (Wildman–Crippen MR) is 85.2 cm³/mol. The molecule has 0 bridgehead atoms. The van der Waals surface area contributed by atoms with Crippen molar-refractivity contribution in [1.82, 2.24) is 10.3 Å². The number of aromatic nitrogens is 1. The molecule has 0 radical (unpaired) electrons. The number of hydrogen-bond donors (Lipinski definition) is 2. The first-order valence-corrected chi connectivity index (χ1v) is 7.73. The molecule has 7 heteroatoms. The van der Waals surface area contributed by atoms with Crippen molar-refractivity contribution in [3.8, 4) is 11.5 Å². The molecule has 0 aliphatic carbocycles. The fourth-order valence-electron chi connectivity index (χ4n) is 1.94. The quantitative estimate of drug-likeness (QED) is 0.909. The van der Waals surface area contributed by atoms with Crippen LogP contribution in [0.15, 0.2) is 23.6 Å². The molecule has 1 aromatic carbocycles. The van der Waals surface area contributed by atoms with Crippen molar-refractivity contribution in [2.24, 2.45) is 0 Å². The number of amides is 1. The maximum absolute atomic E-state index is 12.0. The zero-order valence-electron chi connectivity index (χ0n) is 12.6. The van der Waals surface area contributed by atoms with Gasteiger partial charge in [0.25, 0.3) is 5.91 Å². The van der Waals surface area contributed by atoms with Crippen molar-refractivity contribution in [3.05, 3.63) is 29.3 Å². The van der Waals surface area contributed by atoms with Crippen LogP contribution in [-0.2, 0) is 0 Å². The summed E-state index contributed by atoms with van der Waals surface area (Å²) >= 11 is 1.38. The Labute approximate surface area is 132 Å². The lowest BCUT2D eigenvalue weighted by Crippen LogP contribution is -2.40.